The van der Waals surface area contributed by atoms with Gasteiger partial charge in [0.2, 0.25) is 0 Å². The predicted molar refractivity (Wildman–Crippen MR) is 91.1 cm³/mol. The van der Waals surface area contributed by atoms with Crippen LogP contribution in [0.3, 0.4) is 0 Å². The van der Waals surface area contributed by atoms with Gasteiger partial charge in [0.15, 0.2) is 0 Å². The molecule has 2 N–H and O–H groups in total. The summed E-state index contributed by atoms with van der Waals surface area (Å²) < 4.78 is 10.1. The molecule has 0 bridgehead atoms. The first-order valence-electron chi connectivity index (χ1n) is 9.10. The number of carbonyl (C=O) groups excluding carboxylic acids is 2. The second-order valence-corrected chi connectivity index (χ2v) is 6.94. The summed E-state index contributed by atoms with van der Waals surface area (Å²) >= 11 is 0. The number of aromatic nitrogens is 4. The van der Waals surface area contributed by atoms with Gasteiger partial charge in [0.25, 0.3) is 5.95 Å². The maximum atomic E-state index is 12.4. The summed E-state index contributed by atoms with van der Waals surface area (Å²) in [6.45, 7) is 3.39. The van der Waals surface area contributed by atoms with Crippen LogP contribution in [0.4, 0.5) is 10.7 Å². The lowest BCUT2D eigenvalue weighted by atomic mass is 9.69. The van der Waals surface area contributed by atoms with Gasteiger partial charge < -0.3 is 14.8 Å². The van der Waals surface area contributed by atoms with Crippen molar-refractivity contribution in [1.82, 2.24) is 25.5 Å². The van der Waals surface area contributed by atoms with Crippen LogP contribution in [0.15, 0.2) is 0 Å². The summed E-state index contributed by atoms with van der Waals surface area (Å²) in [6.07, 6.45) is 3.25. The van der Waals surface area contributed by atoms with Crippen molar-refractivity contribution < 1.29 is 19.1 Å². The van der Waals surface area contributed by atoms with Gasteiger partial charge in [-0.3, -0.25) is 4.90 Å². The van der Waals surface area contributed by atoms with Gasteiger partial charge >= 0.3 is 12.1 Å². The number of anilines is 1. The number of rotatable bonds is 5. The Balaban J connectivity index is 1.62. The van der Waals surface area contributed by atoms with E-state index in [1.165, 1.54) is 12.0 Å². The minimum atomic E-state index is -0.562. The average molecular weight is 366 g/mol. The first-order chi connectivity index (χ1) is 12.6. The molecule has 0 aromatic carbocycles. The molecular formula is C16H26N6O4. The molecule has 1 aromatic rings. The normalized spacial score (nSPS) is 28.2. The number of H-pyrrole nitrogens is 1. The third kappa shape index (κ3) is 4.05. The van der Waals surface area contributed by atoms with Crippen LogP contribution in [-0.4, -0.2) is 70.4 Å². The van der Waals surface area contributed by atoms with Crippen LogP contribution in [0.1, 0.15) is 32.6 Å². The summed E-state index contributed by atoms with van der Waals surface area (Å²) in [7, 11) is 1.34. The molecule has 2 fully saturated rings. The van der Waals surface area contributed by atoms with E-state index in [4.69, 9.17) is 9.47 Å². The molecule has 0 radical (unpaired) electrons. The quantitative estimate of drug-likeness (QED) is 0.741. The van der Waals surface area contributed by atoms with Gasteiger partial charge in [-0.25, -0.2) is 9.59 Å². The molecule has 1 amide bonds. The highest BCUT2D eigenvalue weighted by atomic mass is 16.6. The smallest absolute Gasteiger partial charge is 0.410 e. The zero-order chi connectivity index (χ0) is 18.5. The zero-order valence-corrected chi connectivity index (χ0v) is 15.2. The van der Waals surface area contributed by atoms with E-state index in [0.29, 0.717) is 43.3 Å². The molecule has 2 aliphatic rings. The fraction of sp³-hybridized carbons (Fsp3) is 0.812. The number of amides is 1. The first-order valence-corrected chi connectivity index (χ1v) is 9.10. The highest BCUT2D eigenvalue weighted by Gasteiger charge is 2.44. The highest BCUT2D eigenvalue weighted by molar-refractivity contribution is 5.81. The monoisotopic (exact) mass is 366 g/mol. The van der Waals surface area contributed by atoms with Crippen LogP contribution in [0.5, 0.6) is 0 Å². The summed E-state index contributed by atoms with van der Waals surface area (Å²) in [5.74, 6) is 1.40. The molecule has 0 spiro atoms. The summed E-state index contributed by atoms with van der Waals surface area (Å²) in [5.41, 5.74) is 0. The van der Waals surface area contributed by atoms with Crippen LogP contribution >= 0.6 is 0 Å². The third-order valence-electron chi connectivity index (χ3n) is 5.44. The molecular weight excluding hydrogens is 340 g/mol. The number of ether oxygens (including phenoxy) is 2. The first kappa shape index (κ1) is 18.4. The maximum absolute atomic E-state index is 12.4. The number of carbonyl (C=O) groups is 2. The standard InChI is InChI=1S/C16H26N6O4/c1-3-26-14(23)13-7-12-6-10(8-17-15-18-20-21-19-15)4-5-11(12)9-22(13)16(24)25-2/h10-13H,3-9H2,1-2H3,(H2,17,18,19,20,21)/t10-,11-,12+,13-/m0/s1. The van der Waals surface area contributed by atoms with Crippen molar-refractivity contribution in [3.8, 4) is 0 Å². The van der Waals surface area contributed by atoms with Gasteiger partial charge in [-0.1, -0.05) is 5.10 Å². The van der Waals surface area contributed by atoms with E-state index in [-0.39, 0.29) is 5.97 Å². The Morgan fingerprint density at radius 1 is 1.31 bits per heavy atom. The molecule has 4 atom stereocenters. The summed E-state index contributed by atoms with van der Waals surface area (Å²) in [4.78, 5) is 26.0. The van der Waals surface area contributed by atoms with E-state index in [1.807, 2.05) is 0 Å². The Kier molecular flexibility index (Phi) is 5.89. The minimum Gasteiger partial charge on any atom is -0.464 e. The number of nitrogens with zero attached hydrogens (tertiary/aromatic N) is 4. The summed E-state index contributed by atoms with van der Waals surface area (Å²) in [6, 6.07) is -0.562. The molecule has 1 saturated heterocycles. The number of tetrazole rings is 1. The van der Waals surface area contributed by atoms with Crippen molar-refractivity contribution in [2.45, 2.75) is 38.6 Å². The number of esters is 1. The van der Waals surface area contributed by atoms with Gasteiger partial charge in [0, 0.05) is 13.1 Å². The van der Waals surface area contributed by atoms with E-state index in [1.54, 1.807) is 6.92 Å². The number of piperidine rings is 1. The van der Waals surface area contributed by atoms with Crippen molar-refractivity contribution in [3.63, 3.8) is 0 Å². The fourth-order valence-electron chi connectivity index (χ4n) is 4.19. The predicted octanol–water partition coefficient (Wildman–Crippen LogP) is 1.05. The van der Waals surface area contributed by atoms with E-state index in [0.717, 1.165) is 25.8 Å². The Morgan fingerprint density at radius 3 is 2.85 bits per heavy atom. The van der Waals surface area contributed by atoms with Crippen LogP contribution in [0.25, 0.3) is 0 Å². The van der Waals surface area contributed by atoms with Gasteiger partial charge in [-0.15, -0.1) is 5.10 Å². The molecule has 10 nitrogen and oxygen atoms in total. The van der Waals surface area contributed by atoms with Gasteiger partial charge in [-0.2, -0.15) is 5.21 Å². The molecule has 3 rings (SSSR count). The number of methoxy groups -OCH3 is 1. The molecule has 2 heterocycles. The molecule has 10 heteroatoms. The maximum Gasteiger partial charge on any atom is 0.410 e. The van der Waals surface area contributed by atoms with Crippen LogP contribution in [0, 0.1) is 17.8 Å². The van der Waals surface area contributed by atoms with E-state index in [9.17, 15) is 9.59 Å². The van der Waals surface area contributed by atoms with Gasteiger partial charge in [0.05, 0.1) is 13.7 Å². The van der Waals surface area contributed by atoms with Crippen LogP contribution in [-0.2, 0) is 14.3 Å². The topological polar surface area (TPSA) is 122 Å². The lowest BCUT2D eigenvalue weighted by molar-refractivity contribution is -0.152. The van der Waals surface area contributed by atoms with E-state index >= 15 is 0 Å². The second kappa shape index (κ2) is 8.33. The molecule has 1 aromatic heterocycles. The van der Waals surface area contributed by atoms with Crippen molar-refractivity contribution in [2.75, 3.05) is 32.1 Å². The number of fused-ring (bicyclic) bond motifs is 1. The number of hydrogen-bond donors (Lipinski definition) is 2. The lowest BCUT2D eigenvalue weighted by Gasteiger charge is -2.46. The van der Waals surface area contributed by atoms with Crippen LogP contribution < -0.4 is 5.32 Å². The SMILES string of the molecule is CCOC(=O)[C@@H]1C[C@H]2C[C@@H](CNc3nn[nH]n3)CC[C@H]2CN1C(=O)OC. The molecule has 1 aliphatic heterocycles. The number of aromatic amines is 1. The number of hydrogen-bond acceptors (Lipinski definition) is 8. The summed E-state index contributed by atoms with van der Waals surface area (Å²) in [5, 5.41) is 16.9. The van der Waals surface area contributed by atoms with Crippen molar-refractivity contribution in [1.29, 1.82) is 0 Å². The molecule has 26 heavy (non-hydrogen) atoms. The highest BCUT2D eigenvalue weighted by Crippen LogP contribution is 2.41. The average Bonchev–Trinajstić information content (AvgIpc) is 3.18. The Bertz CT molecular complexity index is 610. The zero-order valence-electron chi connectivity index (χ0n) is 15.2. The van der Waals surface area contributed by atoms with Crippen molar-refractivity contribution in [3.05, 3.63) is 0 Å². The second-order valence-electron chi connectivity index (χ2n) is 6.94. The number of likely N-dealkylation sites (tertiary alicyclic amines) is 1. The minimum absolute atomic E-state index is 0.301. The van der Waals surface area contributed by atoms with Crippen LogP contribution in [0.2, 0.25) is 0 Å². The molecule has 144 valence electrons. The molecule has 0 unspecified atom stereocenters. The van der Waals surface area contributed by atoms with Crippen molar-refractivity contribution in [2.24, 2.45) is 17.8 Å². The molecule has 1 saturated carbocycles. The Morgan fingerprint density at radius 2 is 2.15 bits per heavy atom. The van der Waals surface area contributed by atoms with Crippen molar-refractivity contribution >= 4 is 18.0 Å². The van der Waals surface area contributed by atoms with E-state index in [2.05, 4.69) is 25.9 Å². The Hall–Kier alpha value is -2.39. The van der Waals surface area contributed by atoms with E-state index < -0.39 is 12.1 Å². The Labute approximate surface area is 152 Å². The fourth-order valence-corrected chi connectivity index (χ4v) is 4.19. The largest absolute Gasteiger partial charge is 0.464 e. The van der Waals surface area contributed by atoms with Gasteiger partial charge in [-0.05, 0) is 55.6 Å². The third-order valence-corrected chi connectivity index (χ3v) is 5.44. The molecule has 1 aliphatic carbocycles. The lowest BCUT2D eigenvalue weighted by Crippen LogP contribution is -2.55. The van der Waals surface area contributed by atoms with Gasteiger partial charge in [0.1, 0.15) is 6.04 Å². The number of nitrogens with one attached hydrogen (secondary N) is 2.